The van der Waals surface area contributed by atoms with E-state index in [1.54, 1.807) is 0 Å². The molecule has 2 atom stereocenters. The molecule has 0 bridgehead atoms. The van der Waals surface area contributed by atoms with Gasteiger partial charge in [-0.1, -0.05) is 6.92 Å². The number of nitrogens with one attached hydrogen (secondary N) is 1. The highest BCUT2D eigenvalue weighted by Gasteiger charge is 2.31. The van der Waals surface area contributed by atoms with Crippen LogP contribution in [0.1, 0.15) is 31.0 Å². The van der Waals surface area contributed by atoms with Gasteiger partial charge in [-0.25, -0.2) is 0 Å². The minimum absolute atomic E-state index is 0.339. The number of aromatic nitrogens is 2. The molecule has 0 aromatic carbocycles. The quantitative estimate of drug-likeness (QED) is 0.870. The molecule has 5 nitrogen and oxygen atoms in total. The van der Waals surface area contributed by atoms with Crippen molar-refractivity contribution in [2.24, 2.45) is 7.05 Å². The minimum Gasteiger partial charge on any atom is -0.374 e. The topological polar surface area (TPSA) is 42.3 Å². The van der Waals surface area contributed by atoms with Gasteiger partial charge >= 0.3 is 0 Å². The van der Waals surface area contributed by atoms with E-state index in [0.717, 1.165) is 32.7 Å². The van der Waals surface area contributed by atoms with Crippen LogP contribution in [0.15, 0.2) is 6.20 Å². The summed E-state index contributed by atoms with van der Waals surface area (Å²) in [7, 11) is 1.99. The molecule has 2 saturated heterocycles. The number of aryl methyl sites for hydroxylation is 2. The van der Waals surface area contributed by atoms with Crippen molar-refractivity contribution in [2.45, 2.75) is 44.9 Å². The van der Waals surface area contributed by atoms with Crippen molar-refractivity contribution in [2.75, 3.05) is 26.2 Å². The molecule has 2 aliphatic heterocycles. The maximum Gasteiger partial charge on any atom is 0.0827 e. The third kappa shape index (κ3) is 3.05. The minimum atomic E-state index is 0.339. The van der Waals surface area contributed by atoms with Crippen LogP contribution in [0, 0.1) is 0 Å². The first kappa shape index (κ1) is 14.0. The van der Waals surface area contributed by atoms with E-state index in [1.165, 1.54) is 30.6 Å². The van der Waals surface area contributed by atoms with Gasteiger partial charge in [0.05, 0.1) is 18.4 Å². The van der Waals surface area contributed by atoms with E-state index in [0.29, 0.717) is 12.1 Å². The normalized spacial score (nSPS) is 26.9. The highest BCUT2D eigenvalue weighted by atomic mass is 16.5. The highest BCUT2D eigenvalue weighted by Crippen LogP contribution is 2.22. The average molecular weight is 278 g/mol. The Morgan fingerprint density at radius 1 is 1.50 bits per heavy atom. The lowest BCUT2D eigenvalue weighted by atomic mass is 10.2. The fraction of sp³-hybridized carbons (Fsp3) is 0.800. The number of hydrogen-bond donors (Lipinski definition) is 1. The van der Waals surface area contributed by atoms with E-state index in [4.69, 9.17) is 4.74 Å². The lowest BCUT2D eigenvalue weighted by Gasteiger charge is -2.35. The molecule has 5 heteroatoms. The van der Waals surface area contributed by atoms with Crippen LogP contribution in [0.25, 0.3) is 0 Å². The second kappa shape index (κ2) is 6.24. The predicted octanol–water partition coefficient (Wildman–Crippen LogP) is 0.935. The molecule has 1 aromatic rings. The molecule has 3 heterocycles. The van der Waals surface area contributed by atoms with Gasteiger partial charge in [0.2, 0.25) is 0 Å². The smallest absolute Gasteiger partial charge is 0.0827 e. The van der Waals surface area contributed by atoms with Gasteiger partial charge in [0, 0.05) is 44.5 Å². The monoisotopic (exact) mass is 278 g/mol. The van der Waals surface area contributed by atoms with Crippen LogP contribution in [0.3, 0.4) is 0 Å². The van der Waals surface area contributed by atoms with Gasteiger partial charge in [0.15, 0.2) is 0 Å². The van der Waals surface area contributed by atoms with Gasteiger partial charge in [-0.15, -0.1) is 0 Å². The van der Waals surface area contributed by atoms with E-state index in [9.17, 15) is 0 Å². The third-order valence-corrected chi connectivity index (χ3v) is 4.48. The molecule has 1 aromatic heterocycles. The van der Waals surface area contributed by atoms with Crippen LogP contribution in [-0.4, -0.2) is 53.1 Å². The Morgan fingerprint density at radius 3 is 3.25 bits per heavy atom. The molecular formula is C15H26N4O. The Hall–Kier alpha value is -0.910. The van der Waals surface area contributed by atoms with Crippen LogP contribution in [0.4, 0.5) is 0 Å². The number of morpholine rings is 1. The zero-order chi connectivity index (χ0) is 13.9. The predicted molar refractivity (Wildman–Crippen MR) is 78.6 cm³/mol. The van der Waals surface area contributed by atoms with Gasteiger partial charge < -0.3 is 10.1 Å². The van der Waals surface area contributed by atoms with E-state index in [-0.39, 0.29) is 0 Å². The average Bonchev–Trinajstić information content (AvgIpc) is 3.04. The van der Waals surface area contributed by atoms with Crippen molar-refractivity contribution in [1.29, 1.82) is 0 Å². The Kier molecular flexibility index (Phi) is 4.38. The van der Waals surface area contributed by atoms with Crippen LogP contribution >= 0.6 is 0 Å². The summed E-state index contributed by atoms with van der Waals surface area (Å²) in [6, 6.07) is 0.691. The van der Waals surface area contributed by atoms with Crippen molar-refractivity contribution in [1.82, 2.24) is 20.0 Å². The van der Waals surface area contributed by atoms with Gasteiger partial charge in [0.1, 0.15) is 0 Å². The molecule has 112 valence electrons. The SMILES string of the molecule is CCc1nn(C)cc1CNCC1CN2CCCC2CO1. The number of ether oxygens (including phenoxy) is 1. The lowest BCUT2D eigenvalue weighted by Crippen LogP contribution is -2.49. The summed E-state index contributed by atoms with van der Waals surface area (Å²) in [4.78, 5) is 2.59. The Balaban J connectivity index is 1.45. The van der Waals surface area contributed by atoms with Crippen LogP contribution in [-0.2, 0) is 24.8 Å². The zero-order valence-electron chi connectivity index (χ0n) is 12.6. The van der Waals surface area contributed by atoms with Gasteiger partial charge in [-0.2, -0.15) is 5.10 Å². The molecule has 2 aliphatic rings. The van der Waals surface area contributed by atoms with E-state index in [2.05, 4.69) is 28.4 Å². The van der Waals surface area contributed by atoms with Crippen molar-refractivity contribution < 1.29 is 4.74 Å². The Bertz CT molecular complexity index is 445. The van der Waals surface area contributed by atoms with Crippen molar-refractivity contribution in [3.8, 4) is 0 Å². The molecule has 0 radical (unpaired) electrons. The lowest BCUT2D eigenvalue weighted by molar-refractivity contribution is -0.0470. The number of rotatable bonds is 5. The summed E-state index contributed by atoms with van der Waals surface area (Å²) in [5.41, 5.74) is 2.51. The largest absolute Gasteiger partial charge is 0.374 e. The number of hydrogen-bond acceptors (Lipinski definition) is 4. The molecule has 2 fully saturated rings. The maximum atomic E-state index is 5.97. The van der Waals surface area contributed by atoms with Crippen molar-refractivity contribution in [3.63, 3.8) is 0 Å². The van der Waals surface area contributed by atoms with Crippen LogP contribution < -0.4 is 5.32 Å². The summed E-state index contributed by atoms with van der Waals surface area (Å²) in [5.74, 6) is 0. The Labute approximate surface area is 121 Å². The summed E-state index contributed by atoms with van der Waals surface area (Å²) >= 11 is 0. The second-order valence-electron chi connectivity index (χ2n) is 6.01. The highest BCUT2D eigenvalue weighted by molar-refractivity contribution is 5.16. The van der Waals surface area contributed by atoms with Gasteiger partial charge in [-0.05, 0) is 25.8 Å². The summed E-state index contributed by atoms with van der Waals surface area (Å²) in [5, 5.41) is 8.01. The molecular weight excluding hydrogens is 252 g/mol. The second-order valence-corrected chi connectivity index (χ2v) is 6.01. The summed E-state index contributed by atoms with van der Waals surface area (Å²) in [6.45, 7) is 7.24. The molecule has 0 aliphatic carbocycles. The molecule has 2 unspecified atom stereocenters. The van der Waals surface area contributed by atoms with E-state index >= 15 is 0 Å². The van der Waals surface area contributed by atoms with E-state index in [1.807, 2.05) is 11.7 Å². The number of nitrogens with zero attached hydrogens (tertiary/aromatic N) is 3. The van der Waals surface area contributed by atoms with Crippen molar-refractivity contribution >= 4 is 0 Å². The zero-order valence-corrected chi connectivity index (χ0v) is 12.6. The first-order valence-electron chi connectivity index (χ1n) is 7.84. The Morgan fingerprint density at radius 2 is 2.40 bits per heavy atom. The molecule has 0 spiro atoms. The fourth-order valence-electron chi connectivity index (χ4n) is 3.41. The molecule has 3 rings (SSSR count). The number of fused-ring (bicyclic) bond motifs is 1. The fourth-order valence-corrected chi connectivity index (χ4v) is 3.41. The third-order valence-electron chi connectivity index (χ3n) is 4.48. The van der Waals surface area contributed by atoms with Gasteiger partial charge in [0.25, 0.3) is 0 Å². The molecule has 20 heavy (non-hydrogen) atoms. The first-order valence-corrected chi connectivity index (χ1v) is 7.84. The summed E-state index contributed by atoms with van der Waals surface area (Å²) in [6.07, 6.45) is 6.10. The van der Waals surface area contributed by atoms with Crippen LogP contribution in [0.5, 0.6) is 0 Å². The summed E-state index contributed by atoms with van der Waals surface area (Å²) < 4.78 is 7.87. The van der Waals surface area contributed by atoms with E-state index < -0.39 is 0 Å². The molecule has 0 saturated carbocycles. The maximum absolute atomic E-state index is 5.97. The van der Waals surface area contributed by atoms with Crippen molar-refractivity contribution in [3.05, 3.63) is 17.5 Å². The molecule has 0 amide bonds. The molecule has 1 N–H and O–H groups in total. The van der Waals surface area contributed by atoms with Crippen LogP contribution in [0.2, 0.25) is 0 Å². The standard InChI is InChI=1S/C15H26N4O/c1-3-15-12(9-18(2)17-15)7-16-8-14-10-19-6-4-5-13(19)11-20-14/h9,13-14,16H,3-8,10-11H2,1-2H3. The van der Waals surface area contributed by atoms with Gasteiger partial charge in [-0.3, -0.25) is 9.58 Å². The first-order chi connectivity index (χ1) is 9.76.